The summed E-state index contributed by atoms with van der Waals surface area (Å²) in [5.74, 6) is 0. The number of hydrogen-bond acceptors (Lipinski definition) is 3. The number of fused-ring (bicyclic) bond motifs is 9. The molecule has 2 heterocycles. The van der Waals surface area contributed by atoms with E-state index in [0.717, 1.165) is 116 Å². The van der Waals surface area contributed by atoms with Crippen molar-refractivity contribution in [2.24, 2.45) is 0 Å². The van der Waals surface area contributed by atoms with Gasteiger partial charge in [0.05, 0.1) is 11.4 Å². The maximum atomic E-state index is 6.76. The quantitative estimate of drug-likeness (QED) is 0.160. The zero-order chi connectivity index (χ0) is 42.8. The van der Waals surface area contributed by atoms with Crippen LogP contribution >= 0.6 is 0 Å². The molecule has 0 amide bonds. The van der Waals surface area contributed by atoms with E-state index in [1.807, 2.05) is 12.1 Å². The third-order valence-corrected chi connectivity index (χ3v) is 13.1. The number of para-hydroxylation sites is 2. The first-order valence-corrected chi connectivity index (χ1v) is 22.2. The van der Waals surface area contributed by atoms with Gasteiger partial charge in [0, 0.05) is 43.7 Å². The highest BCUT2D eigenvalue weighted by molar-refractivity contribution is 6.20. The lowest BCUT2D eigenvalue weighted by molar-refractivity contribution is 0.669. The van der Waals surface area contributed by atoms with E-state index in [9.17, 15) is 0 Å². The Labute approximate surface area is 375 Å². The smallest absolute Gasteiger partial charge is 0.143 e. The van der Waals surface area contributed by atoms with Gasteiger partial charge in [-0.3, -0.25) is 0 Å². The zero-order valence-electron chi connectivity index (χ0n) is 35.3. The van der Waals surface area contributed by atoms with Crippen LogP contribution in [0.25, 0.3) is 110 Å². The molecule has 2 aromatic heterocycles. The van der Waals surface area contributed by atoms with Crippen molar-refractivity contribution in [3.63, 3.8) is 0 Å². The van der Waals surface area contributed by atoms with E-state index >= 15 is 0 Å². The van der Waals surface area contributed by atoms with Crippen molar-refractivity contribution in [3.05, 3.63) is 237 Å². The molecular formula is C62H39NO2. The van der Waals surface area contributed by atoms with Crippen LogP contribution in [0.5, 0.6) is 0 Å². The van der Waals surface area contributed by atoms with Crippen LogP contribution in [0.2, 0.25) is 0 Å². The lowest BCUT2D eigenvalue weighted by Gasteiger charge is -2.31. The molecule has 3 heteroatoms. The summed E-state index contributed by atoms with van der Waals surface area (Å²) in [7, 11) is 0. The van der Waals surface area contributed by atoms with Crippen LogP contribution in [0, 0.1) is 0 Å². The van der Waals surface area contributed by atoms with Crippen LogP contribution < -0.4 is 4.90 Å². The van der Waals surface area contributed by atoms with Crippen molar-refractivity contribution in [1.82, 2.24) is 0 Å². The Hall–Kier alpha value is -8.66. The molecule has 0 N–H and O–H groups in total. The molecule has 0 fully saturated rings. The van der Waals surface area contributed by atoms with Gasteiger partial charge >= 0.3 is 0 Å². The molecule has 0 bridgehead atoms. The zero-order valence-corrected chi connectivity index (χ0v) is 35.3. The van der Waals surface area contributed by atoms with E-state index in [2.05, 4.69) is 229 Å². The van der Waals surface area contributed by atoms with Gasteiger partial charge in [-0.1, -0.05) is 182 Å². The van der Waals surface area contributed by atoms with Gasteiger partial charge in [-0.05, 0) is 104 Å². The topological polar surface area (TPSA) is 29.5 Å². The lowest BCUT2D eigenvalue weighted by atomic mass is 9.93. The van der Waals surface area contributed by atoms with Gasteiger partial charge in [-0.2, -0.15) is 0 Å². The van der Waals surface area contributed by atoms with Gasteiger partial charge in [0.2, 0.25) is 0 Å². The highest BCUT2D eigenvalue weighted by Crippen LogP contribution is 2.49. The Kier molecular flexibility index (Phi) is 8.53. The summed E-state index contributed by atoms with van der Waals surface area (Å²) in [4.78, 5) is 2.45. The number of rotatable bonds is 7. The minimum Gasteiger partial charge on any atom is -0.456 e. The molecule has 3 nitrogen and oxygen atoms in total. The van der Waals surface area contributed by atoms with E-state index < -0.39 is 0 Å². The Bertz CT molecular complexity index is 3950. The fourth-order valence-corrected chi connectivity index (χ4v) is 10.0. The molecule has 0 radical (unpaired) electrons. The predicted octanol–water partition coefficient (Wildman–Crippen LogP) is 17.9. The third kappa shape index (κ3) is 6.12. The highest BCUT2D eigenvalue weighted by atomic mass is 16.3. The number of nitrogens with zero attached hydrogens (tertiary/aromatic N) is 1. The molecule has 13 aromatic rings. The monoisotopic (exact) mass is 829 g/mol. The molecule has 13 rings (SSSR count). The molecule has 0 atom stereocenters. The van der Waals surface area contributed by atoms with Crippen LogP contribution in [0.1, 0.15) is 0 Å². The number of furan rings is 2. The van der Waals surface area contributed by atoms with Gasteiger partial charge in [-0.25, -0.2) is 0 Å². The Morgan fingerprint density at radius 3 is 1.72 bits per heavy atom. The average Bonchev–Trinajstić information content (AvgIpc) is 3.96. The number of hydrogen-bond donors (Lipinski definition) is 0. The Morgan fingerprint density at radius 1 is 0.277 bits per heavy atom. The molecule has 65 heavy (non-hydrogen) atoms. The van der Waals surface area contributed by atoms with Crippen LogP contribution in [0.3, 0.4) is 0 Å². The maximum Gasteiger partial charge on any atom is 0.143 e. The van der Waals surface area contributed by atoms with Gasteiger partial charge in [0.25, 0.3) is 0 Å². The third-order valence-electron chi connectivity index (χ3n) is 13.1. The fourth-order valence-electron chi connectivity index (χ4n) is 10.0. The van der Waals surface area contributed by atoms with Crippen molar-refractivity contribution in [3.8, 4) is 44.5 Å². The minimum absolute atomic E-state index is 0.865. The standard InChI is InChI=1S/C62H39NO2/c1-2-15-41(16-3-1)48-36-33-46(45-29-28-40-14-4-5-18-44(40)38-45)39-56(48)63(47-34-30-43(31-35-47)49-22-12-26-58-60(49)53-21-9-11-25-57(53)64-58)55-24-10-8-20-51(55)52-23-13-27-59-61(52)54-37-32-42-17-6-7-19-50(42)62(54)65-59/h1-39H. The minimum atomic E-state index is 0.865. The van der Waals surface area contributed by atoms with Crippen LogP contribution in [-0.2, 0) is 0 Å². The van der Waals surface area contributed by atoms with Gasteiger partial charge in [-0.15, -0.1) is 0 Å². The maximum absolute atomic E-state index is 6.76. The summed E-state index contributed by atoms with van der Waals surface area (Å²) >= 11 is 0. The average molecular weight is 830 g/mol. The Morgan fingerprint density at radius 2 is 0.862 bits per heavy atom. The number of anilines is 3. The predicted molar refractivity (Wildman–Crippen MR) is 272 cm³/mol. The van der Waals surface area contributed by atoms with Crippen molar-refractivity contribution in [2.45, 2.75) is 0 Å². The number of benzene rings is 11. The van der Waals surface area contributed by atoms with Crippen molar-refractivity contribution in [2.75, 3.05) is 4.90 Å². The van der Waals surface area contributed by atoms with E-state index in [1.54, 1.807) is 0 Å². The summed E-state index contributed by atoms with van der Waals surface area (Å²) < 4.78 is 13.1. The first-order valence-electron chi connectivity index (χ1n) is 22.2. The van der Waals surface area contributed by atoms with E-state index in [0.29, 0.717) is 0 Å². The summed E-state index contributed by atoms with van der Waals surface area (Å²) in [5.41, 5.74) is 15.7. The Balaban J connectivity index is 1.06. The van der Waals surface area contributed by atoms with Crippen molar-refractivity contribution >= 4 is 82.5 Å². The lowest BCUT2D eigenvalue weighted by Crippen LogP contribution is -2.12. The molecule has 0 unspecified atom stereocenters. The molecule has 304 valence electrons. The molecule has 0 aliphatic rings. The molecule has 0 spiro atoms. The molecule has 0 aliphatic carbocycles. The fraction of sp³-hybridized carbons (Fsp3) is 0. The van der Waals surface area contributed by atoms with Crippen LogP contribution in [0.4, 0.5) is 17.1 Å². The summed E-state index contributed by atoms with van der Waals surface area (Å²) in [6, 6.07) is 84.9. The highest BCUT2D eigenvalue weighted by Gasteiger charge is 2.24. The van der Waals surface area contributed by atoms with Crippen LogP contribution in [-0.4, -0.2) is 0 Å². The summed E-state index contributed by atoms with van der Waals surface area (Å²) in [6.45, 7) is 0. The molecule has 0 saturated carbocycles. The van der Waals surface area contributed by atoms with Gasteiger partial charge in [0.1, 0.15) is 22.3 Å². The molecule has 0 saturated heterocycles. The van der Waals surface area contributed by atoms with Crippen molar-refractivity contribution in [1.29, 1.82) is 0 Å². The van der Waals surface area contributed by atoms with Crippen molar-refractivity contribution < 1.29 is 8.83 Å². The SMILES string of the molecule is c1ccc(-c2ccc(-c3ccc4ccccc4c3)cc2N(c2ccc(-c3cccc4oc5ccccc5c34)cc2)c2ccccc2-c2cccc3oc4c5ccccc5ccc4c23)cc1. The van der Waals surface area contributed by atoms with E-state index in [1.165, 1.54) is 10.8 Å². The molecular weight excluding hydrogens is 791 g/mol. The first kappa shape index (κ1) is 36.9. The molecule has 11 aromatic carbocycles. The second kappa shape index (κ2) is 15.0. The largest absolute Gasteiger partial charge is 0.456 e. The van der Waals surface area contributed by atoms with Gasteiger partial charge < -0.3 is 13.7 Å². The normalized spacial score (nSPS) is 11.7. The summed E-state index contributed by atoms with van der Waals surface area (Å²) in [6.07, 6.45) is 0. The van der Waals surface area contributed by atoms with E-state index in [-0.39, 0.29) is 0 Å². The molecule has 0 aliphatic heterocycles. The second-order valence-corrected chi connectivity index (χ2v) is 16.8. The van der Waals surface area contributed by atoms with E-state index in [4.69, 9.17) is 8.83 Å². The second-order valence-electron chi connectivity index (χ2n) is 16.8. The van der Waals surface area contributed by atoms with Gasteiger partial charge in [0.15, 0.2) is 0 Å². The first-order chi connectivity index (χ1) is 32.2. The van der Waals surface area contributed by atoms with Crippen LogP contribution in [0.15, 0.2) is 245 Å². The summed E-state index contributed by atoms with van der Waals surface area (Å²) in [5, 5.41) is 9.15.